The molecule has 0 bridgehead atoms. The summed E-state index contributed by atoms with van der Waals surface area (Å²) >= 11 is 0. The molecule has 0 saturated heterocycles. The van der Waals surface area contributed by atoms with E-state index in [2.05, 4.69) is 43.3 Å². The lowest BCUT2D eigenvalue weighted by Crippen LogP contribution is -1.89. The largest absolute Gasteiger partial charge is 0.396 e. The SMILES string of the molecule is CCc1ccc2cc(CCCCO)ccc2c1. The average molecular weight is 228 g/mol. The van der Waals surface area contributed by atoms with Gasteiger partial charge in [0, 0.05) is 6.61 Å². The monoisotopic (exact) mass is 228 g/mol. The first-order chi connectivity index (χ1) is 8.33. The van der Waals surface area contributed by atoms with E-state index >= 15 is 0 Å². The van der Waals surface area contributed by atoms with Crippen molar-refractivity contribution in [2.24, 2.45) is 0 Å². The van der Waals surface area contributed by atoms with Gasteiger partial charge in [-0.1, -0.05) is 43.3 Å². The van der Waals surface area contributed by atoms with Crippen molar-refractivity contribution in [1.29, 1.82) is 0 Å². The van der Waals surface area contributed by atoms with Crippen LogP contribution in [-0.4, -0.2) is 11.7 Å². The van der Waals surface area contributed by atoms with Crippen molar-refractivity contribution in [2.75, 3.05) is 6.61 Å². The zero-order valence-electron chi connectivity index (χ0n) is 10.4. The van der Waals surface area contributed by atoms with Gasteiger partial charge < -0.3 is 5.11 Å². The van der Waals surface area contributed by atoms with Crippen LogP contribution in [0.3, 0.4) is 0 Å². The molecule has 0 atom stereocenters. The average Bonchev–Trinajstić information content (AvgIpc) is 2.38. The van der Waals surface area contributed by atoms with Gasteiger partial charge in [0.15, 0.2) is 0 Å². The fraction of sp³-hybridized carbons (Fsp3) is 0.375. The van der Waals surface area contributed by atoms with Gasteiger partial charge in [-0.2, -0.15) is 0 Å². The van der Waals surface area contributed by atoms with Crippen LogP contribution in [0.25, 0.3) is 10.8 Å². The van der Waals surface area contributed by atoms with E-state index in [4.69, 9.17) is 5.11 Å². The number of aliphatic hydroxyl groups is 1. The van der Waals surface area contributed by atoms with E-state index in [1.807, 2.05) is 0 Å². The maximum Gasteiger partial charge on any atom is 0.0431 e. The van der Waals surface area contributed by atoms with Gasteiger partial charge >= 0.3 is 0 Å². The second-order valence-electron chi connectivity index (χ2n) is 4.55. The molecule has 2 rings (SSSR count). The summed E-state index contributed by atoms with van der Waals surface area (Å²) in [5.74, 6) is 0. The van der Waals surface area contributed by atoms with Crippen LogP contribution in [0.1, 0.15) is 30.9 Å². The van der Waals surface area contributed by atoms with E-state index < -0.39 is 0 Å². The fourth-order valence-corrected chi connectivity index (χ4v) is 2.16. The molecule has 2 aromatic carbocycles. The summed E-state index contributed by atoms with van der Waals surface area (Å²) in [7, 11) is 0. The second kappa shape index (κ2) is 5.83. The van der Waals surface area contributed by atoms with Gasteiger partial charge in [0.1, 0.15) is 0 Å². The van der Waals surface area contributed by atoms with Crippen LogP contribution in [0.4, 0.5) is 0 Å². The zero-order valence-corrected chi connectivity index (χ0v) is 10.4. The van der Waals surface area contributed by atoms with E-state index in [1.165, 1.54) is 21.9 Å². The van der Waals surface area contributed by atoms with Crippen LogP contribution in [0, 0.1) is 0 Å². The first-order valence-corrected chi connectivity index (χ1v) is 6.46. The highest BCUT2D eigenvalue weighted by atomic mass is 16.2. The van der Waals surface area contributed by atoms with Gasteiger partial charge in [-0.15, -0.1) is 0 Å². The molecule has 0 aliphatic heterocycles. The molecule has 0 aliphatic rings. The number of fused-ring (bicyclic) bond motifs is 1. The summed E-state index contributed by atoms with van der Waals surface area (Å²) in [6.07, 6.45) is 4.11. The summed E-state index contributed by atoms with van der Waals surface area (Å²) in [5, 5.41) is 11.4. The number of aryl methyl sites for hydroxylation is 2. The summed E-state index contributed by atoms with van der Waals surface area (Å²) in [6.45, 7) is 2.48. The Kier molecular flexibility index (Phi) is 4.16. The van der Waals surface area contributed by atoms with E-state index in [0.29, 0.717) is 6.61 Å². The zero-order chi connectivity index (χ0) is 12.1. The summed E-state index contributed by atoms with van der Waals surface area (Å²) in [4.78, 5) is 0. The molecule has 0 heterocycles. The molecule has 90 valence electrons. The molecule has 1 heteroatoms. The lowest BCUT2D eigenvalue weighted by Gasteiger charge is -2.05. The Labute approximate surface area is 103 Å². The standard InChI is InChI=1S/C16H20O/c1-2-13-6-8-16-12-14(5-3-4-10-17)7-9-15(16)11-13/h6-9,11-12,17H,2-5,10H2,1H3. The van der Waals surface area contributed by atoms with Crippen molar-refractivity contribution < 1.29 is 5.11 Å². The van der Waals surface area contributed by atoms with Gasteiger partial charge in [-0.25, -0.2) is 0 Å². The van der Waals surface area contributed by atoms with Crippen molar-refractivity contribution in [3.05, 3.63) is 47.5 Å². The third-order valence-electron chi connectivity index (χ3n) is 3.25. The van der Waals surface area contributed by atoms with Gasteiger partial charge in [0.25, 0.3) is 0 Å². The van der Waals surface area contributed by atoms with Gasteiger partial charge in [0.2, 0.25) is 0 Å². The third-order valence-corrected chi connectivity index (χ3v) is 3.25. The summed E-state index contributed by atoms with van der Waals surface area (Å²) in [5.41, 5.74) is 2.76. The predicted molar refractivity (Wildman–Crippen MR) is 73.3 cm³/mol. The van der Waals surface area contributed by atoms with E-state index in [1.54, 1.807) is 0 Å². The molecule has 0 amide bonds. The van der Waals surface area contributed by atoms with Crippen LogP contribution < -0.4 is 0 Å². The minimum atomic E-state index is 0.299. The number of hydrogen-bond acceptors (Lipinski definition) is 1. The topological polar surface area (TPSA) is 20.2 Å². The van der Waals surface area contributed by atoms with Crippen LogP contribution >= 0.6 is 0 Å². The van der Waals surface area contributed by atoms with Gasteiger partial charge in [-0.3, -0.25) is 0 Å². The number of aliphatic hydroxyl groups excluding tert-OH is 1. The Morgan fingerprint density at radius 3 is 2.18 bits per heavy atom. The summed E-state index contributed by atoms with van der Waals surface area (Å²) < 4.78 is 0. The number of unbranched alkanes of at least 4 members (excludes halogenated alkanes) is 1. The molecular weight excluding hydrogens is 208 g/mol. The molecule has 0 radical (unpaired) electrons. The molecule has 0 saturated carbocycles. The molecule has 17 heavy (non-hydrogen) atoms. The smallest absolute Gasteiger partial charge is 0.0431 e. The molecule has 0 fully saturated rings. The molecule has 0 unspecified atom stereocenters. The predicted octanol–water partition coefficient (Wildman–Crippen LogP) is 3.72. The first-order valence-electron chi connectivity index (χ1n) is 6.46. The molecule has 0 spiro atoms. The summed E-state index contributed by atoms with van der Waals surface area (Å²) in [6, 6.07) is 13.4. The second-order valence-corrected chi connectivity index (χ2v) is 4.55. The quantitative estimate of drug-likeness (QED) is 0.773. The minimum absolute atomic E-state index is 0.299. The van der Waals surface area contributed by atoms with Crippen molar-refractivity contribution in [2.45, 2.75) is 32.6 Å². The molecule has 0 aromatic heterocycles. The van der Waals surface area contributed by atoms with E-state index in [0.717, 1.165) is 25.7 Å². The maximum absolute atomic E-state index is 8.77. The van der Waals surface area contributed by atoms with Crippen LogP contribution in [0.15, 0.2) is 36.4 Å². The van der Waals surface area contributed by atoms with Crippen LogP contribution in [0.2, 0.25) is 0 Å². The maximum atomic E-state index is 8.77. The Morgan fingerprint density at radius 1 is 0.882 bits per heavy atom. The fourth-order valence-electron chi connectivity index (χ4n) is 2.16. The Hall–Kier alpha value is -1.34. The third kappa shape index (κ3) is 3.07. The molecule has 1 nitrogen and oxygen atoms in total. The normalized spacial score (nSPS) is 10.9. The van der Waals surface area contributed by atoms with E-state index in [9.17, 15) is 0 Å². The van der Waals surface area contributed by atoms with Gasteiger partial charge in [-0.05, 0) is 47.6 Å². The lowest BCUT2D eigenvalue weighted by atomic mass is 10.0. The van der Waals surface area contributed by atoms with Crippen molar-refractivity contribution in [3.8, 4) is 0 Å². The van der Waals surface area contributed by atoms with Crippen LogP contribution in [0.5, 0.6) is 0 Å². The molecule has 2 aromatic rings. The lowest BCUT2D eigenvalue weighted by molar-refractivity contribution is 0.284. The number of rotatable bonds is 5. The minimum Gasteiger partial charge on any atom is -0.396 e. The van der Waals surface area contributed by atoms with Crippen molar-refractivity contribution >= 4 is 10.8 Å². The number of hydrogen-bond donors (Lipinski definition) is 1. The van der Waals surface area contributed by atoms with Gasteiger partial charge in [0.05, 0.1) is 0 Å². The van der Waals surface area contributed by atoms with E-state index in [-0.39, 0.29) is 0 Å². The highest BCUT2D eigenvalue weighted by Gasteiger charge is 1.98. The molecule has 0 aliphatic carbocycles. The molecule has 1 N–H and O–H groups in total. The first kappa shape index (κ1) is 12.1. The molecular formula is C16H20O. The highest BCUT2D eigenvalue weighted by molar-refractivity contribution is 5.83. The highest BCUT2D eigenvalue weighted by Crippen LogP contribution is 2.19. The van der Waals surface area contributed by atoms with Crippen molar-refractivity contribution in [3.63, 3.8) is 0 Å². The van der Waals surface area contributed by atoms with Crippen LogP contribution in [-0.2, 0) is 12.8 Å². The Balaban J connectivity index is 2.19. The number of benzene rings is 2. The Bertz CT molecular complexity index is 488. The Morgan fingerprint density at radius 2 is 1.53 bits per heavy atom. The van der Waals surface area contributed by atoms with Crippen molar-refractivity contribution in [1.82, 2.24) is 0 Å².